The molecule has 20 heavy (non-hydrogen) atoms. The monoisotopic (exact) mass is 274 g/mol. The Morgan fingerprint density at radius 2 is 2.05 bits per heavy atom. The topological polar surface area (TPSA) is 47.3 Å². The van der Waals surface area contributed by atoms with Crippen molar-refractivity contribution in [3.05, 3.63) is 41.5 Å². The van der Waals surface area contributed by atoms with Crippen molar-refractivity contribution in [2.45, 2.75) is 58.1 Å². The molecule has 0 radical (unpaired) electrons. The molecule has 0 spiro atoms. The fourth-order valence-corrected chi connectivity index (χ4v) is 2.76. The Bertz CT molecular complexity index is 454. The average Bonchev–Trinajstić information content (AvgIpc) is 2.68. The van der Waals surface area contributed by atoms with Crippen LogP contribution in [0.3, 0.4) is 0 Å². The third-order valence-corrected chi connectivity index (χ3v) is 3.68. The highest BCUT2D eigenvalue weighted by atomic mass is 16.5. The molecule has 3 N–H and O–H groups in total. The van der Waals surface area contributed by atoms with Crippen LogP contribution in [0, 0.1) is 0 Å². The van der Waals surface area contributed by atoms with E-state index in [4.69, 9.17) is 10.6 Å². The predicted molar refractivity (Wildman–Crippen MR) is 83.4 cm³/mol. The van der Waals surface area contributed by atoms with Crippen LogP contribution >= 0.6 is 0 Å². The quantitative estimate of drug-likeness (QED) is 0.487. The molecule has 1 aliphatic carbocycles. The molecule has 3 heteroatoms. The van der Waals surface area contributed by atoms with E-state index in [-0.39, 0.29) is 12.1 Å². The highest BCUT2D eigenvalue weighted by Gasteiger charge is 2.17. The summed E-state index contributed by atoms with van der Waals surface area (Å²) in [5, 5.41) is 0. The molecule has 0 fully saturated rings. The fourth-order valence-electron chi connectivity index (χ4n) is 2.76. The lowest BCUT2D eigenvalue weighted by Gasteiger charge is -2.21. The second-order valence-electron chi connectivity index (χ2n) is 5.72. The molecule has 2 rings (SSSR count). The molecule has 0 bridgehead atoms. The van der Waals surface area contributed by atoms with Gasteiger partial charge in [0.1, 0.15) is 5.75 Å². The van der Waals surface area contributed by atoms with Crippen LogP contribution in [-0.4, -0.2) is 6.10 Å². The molecular weight excluding hydrogens is 248 g/mol. The standard InChI is InChI=1S/C17H26N2O/c1-13(2)20-16-11-7-10-15(12-16)17(19-18)14-8-5-3-4-6-9-14/h7-8,10-13,17,19H,3-6,9,18H2,1-2H3. The lowest BCUT2D eigenvalue weighted by atomic mass is 9.95. The summed E-state index contributed by atoms with van der Waals surface area (Å²) in [5.74, 6) is 6.72. The Morgan fingerprint density at radius 3 is 2.80 bits per heavy atom. The Balaban J connectivity index is 2.20. The van der Waals surface area contributed by atoms with E-state index >= 15 is 0 Å². The van der Waals surface area contributed by atoms with Crippen molar-refractivity contribution in [1.82, 2.24) is 5.43 Å². The summed E-state index contributed by atoms with van der Waals surface area (Å²) in [5.41, 5.74) is 5.56. The van der Waals surface area contributed by atoms with E-state index in [9.17, 15) is 0 Å². The predicted octanol–water partition coefficient (Wildman–Crippen LogP) is 3.87. The van der Waals surface area contributed by atoms with Crippen LogP contribution < -0.4 is 16.0 Å². The van der Waals surface area contributed by atoms with E-state index in [2.05, 4.69) is 23.6 Å². The molecule has 0 amide bonds. The van der Waals surface area contributed by atoms with E-state index in [0.717, 1.165) is 18.6 Å². The highest BCUT2D eigenvalue weighted by molar-refractivity contribution is 5.35. The minimum atomic E-state index is 0.101. The number of hydrogen-bond acceptors (Lipinski definition) is 3. The minimum Gasteiger partial charge on any atom is -0.491 e. The minimum absolute atomic E-state index is 0.101. The molecule has 1 atom stereocenters. The molecule has 3 nitrogen and oxygen atoms in total. The van der Waals surface area contributed by atoms with Gasteiger partial charge in [0.15, 0.2) is 0 Å². The Hall–Kier alpha value is -1.32. The van der Waals surface area contributed by atoms with E-state index < -0.39 is 0 Å². The van der Waals surface area contributed by atoms with Crippen molar-refractivity contribution in [2.24, 2.45) is 5.84 Å². The van der Waals surface area contributed by atoms with Crippen LogP contribution in [0.1, 0.15) is 57.6 Å². The summed E-state index contributed by atoms with van der Waals surface area (Å²) in [6.07, 6.45) is 8.69. The number of rotatable bonds is 5. The van der Waals surface area contributed by atoms with Crippen molar-refractivity contribution >= 4 is 0 Å². The maximum atomic E-state index is 5.81. The van der Waals surface area contributed by atoms with Gasteiger partial charge in [-0.3, -0.25) is 5.84 Å². The summed E-state index contributed by atoms with van der Waals surface area (Å²) in [4.78, 5) is 0. The molecule has 0 saturated carbocycles. The van der Waals surface area contributed by atoms with Crippen LogP contribution in [0.4, 0.5) is 0 Å². The van der Waals surface area contributed by atoms with Crippen LogP contribution in [-0.2, 0) is 0 Å². The molecule has 0 aromatic heterocycles. The summed E-state index contributed by atoms with van der Waals surface area (Å²) in [6, 6.07) is 8.34. The van der Waals surface area contributed by atoms with Gasteiger partial charge in [-0.05, 0) is 57.2 Å². The van der Waals surface area contributed by atoms with Gasteiger partial charge < -0.3 is 4.74 Å². The van der Waals surface area contributed by atoms with Gasteiger partial charge >= 0.3 is 0 Å². The summed E-state index contributed by atoms with van der Waals surface area (Å²) < 4.78 is 5.77. The van der Waals surface area contributed by atoms with E-state index in [0.29, 0.717) is 0 Å². The molecule has 1 aromatic carbocycles. The average molecular weight is 274 g/mol. The summed E-state index contributed by atoms with van der Waals surface area (Å²) in [7, 11) is 0. The third kappa shape index (κ3) is 4.09. The number of allylic oxidation sites excluding steroid dienone is 1. The first-order valence-electron chi connectivity index (χ1n) is 7.62. The van der Waals surface area contributed by atoms with Crippen molar-refractivity contribution in [3.63, 3.8) is 0 Å². The van der Waals surface area contributed by atoms with Gasteiger partial charge in [0.25, 0.3) is 0 Å². The maximum Gasteiger partial charge on any atom is 0.120 e. The van der Waals surface area contributed by atoms with Gasteiger partial charge in [-0.15, -0.1) is 0 Å². The van der Waals surface area contributed by atoms with Gasteiger partial charge in [-0.2, -0.15) is 0 Å². The first kappa shape index (κ1) is 15.1. The van der Waals surface area contributed by atoms with Crippen LogP contribution in [0.15, 0.2) is 35.9 Å². The zero-order valence-electron chi connectivity index (χ0n) is 12.6. The number of hydrogen-bond donors (Lipinski definition) is 2. The van der Waals surface area contributed by atoms with E-state index in [1.54, 1.807) is 0 Å². The molecule has 1 aliphatic rings. The van der Waals surface area contributed by atoms with E-state index in [1.807, 2.05) is 26.0 Å². The lowest BCUT2D eigenvalue weighted by Crippen LogP contribution is -2.29. The highest BCUT2D eigenvalue weighted by Crippen LogP contribution is 2.30. The second kappa shape index (κ2) is 7.46. The largest absolute Gasteiger partial charge is 0.491 e. The molecule has 0 saturated heterocycles. The summed E-state index contributed by atoms with van der Waals surface area (Å²) >= 11 is 0. The first-order valence-corrected chi connectivity index (χ1v) is 7.62. The number of hydrazine groups is 1. The molecule has 0 aliphatic heterocycles. The van der Waals surface area contributed by atoms with Crippen LogP contribution in [0.25, 0.3) is 0 Å². The Labute approximate surface area is 122 Å². The van der Waals surface area contributed by atoms with Crippen molar-refractivity contribution < 1.29 is 4.74 Å². The Kier molecular flexibility index (Phi) is 5.62. The van der Waals surface area contributed by atoms with Gasteiger partial charge in [-0.1, -0.05) is 30.2 Å². The normalized spacial score (nSPS) is 17.5. The second-order valence-corrected chi connectivity index (χ2v) is 5.72. The molecular formula is C17H26N2O. The first-order chi connectivity index (χ1) is 9.70. The maximum absolute atomic E-state index is 5.81. The molecule has 1 unspecified atom stereocenters. The molecule has 110 valence electrons. The number of nitrogens with two attached hydrogens (primary N) is 1. The van der Waals surface area contributed by atoms with Crippen molar-refractivity contribution in [2.75, 3.05) is 0 Å². The van der Waals surface area contributed by atoms with Crippen molar-refractivity contribution in [1.29, 1.82) is 0 Å². The van der Waals surface area contributed by atoms with Crippen LogP contribution in [0.5, 0.6) is 5.75 Å². The van der Waals surface area contributed by atoms with Gasteiger partial charge in [-0.25, -0.2) is 5.43 Å². The Morgan fingerprint density at radius 1 is 1.20 bits per heavy atom. The van der Waals surface area contributed by atoms with Gasteiger partial charge in [0, 0.05) is 0 Å². The fraction of sp³-hybridized carbons (Fsp3) is 0.529. The van der Waals surface area contributed by atoms with E-state index in [1.165, 1.54) is 30.4 Å². The molecule has 0 heterocycles. The zero-order valence-corrected chi connectivity index (χ0v) is 12.6. The zero-order chi connectivity index (χ0) is 14.4. The summed E-state index contributed by atoms with van der Waals surface area (Å²) in [6.45, 7) is 4.08. The number of nitrogens with one attached hydrogen (secondary N) is 1. The SMILES string of the molecule is CC(C)Oc1cccc(C(NN)C2=CCCCCC2)c1. The van der Waals surface area contributed by atoms with Crippen LogP contribution in [0.2, 0.25) is 0 Å². The number of ether oxygens (including phenoxy) is 1. The third-order valence-electron chi connectivity index (χ3n) is 3.68. The van der Waals surface area contributed by atoms with Crippen molar-refractivity contribution in [3.8, 4) is 5.75 Å². The smallest absolute Gasteiger partial charge is 0.120 e. The van der Waals surface area contributed by atoms with Gasteiger partial charge in [0.05, 0.1) is 12.1 Å². The molecule has 1 aromatic rings. The lowest BCUT2D eigenvalue weighted by molar-refractivity contribution is 0.242. The number of benzene rings is 1. The van der Waals surface area contributed by atoms with Gasteiger partial charge in [0.2, 0.25) is 0 Å².